The van der Waals surface area contributed by atoms with Crippen molar-refractivity contribution in [2.75, 3.05) is 6.54 Å². The zero-order chi connectivity index (χ0) is 15.3. The molecule has 4 N–H and O–H groups in total. The van der Waals surface area contributed by atoms with Gasteiger partial charge in [0.25, 0.3) is 0 Å². The summed E-state index contributed by atoms with van der Waals surface area (Å²) in [5.41, 5.74) is 5.32. The first-order valence-electron chi connectivity index (χ1n) is 8.33. The topological polar surface area (TPSA) is 92.4 Å². The van der Waals surface area contributed by atoms with Crippen LogP contribution in [0, 0.1) is 11.3 Å². The Balaban J connectivity index is 2.04. The Morgan fingerprint density at radius 1 is 1.10 bits per heavy atom. The molecule has 2 aliphatic rings. The van der Waals surface area contributed by atoms with E-state index < -0.39 is 17.4 Å². The average molecular weight is 296 g/mol. The fourth-order valence-corrected chi connectivity index (χ4v) is 3.90. The molecule has 0 aromatic heterocycles. The van der Waals surface area contributed by atoms with Crippen LogP contribution in [-0.2, 0) is 9.59 Å². The molecule has 2 fully saturated rings. The molecule has 0 radical (unpaired) electrons. The molecule has 120 valence electrons. The fraction of sp³-hybridized carbons (Fsp3) is 0.875. The molecule has 2 saturated carbocycles. The first-order valence-corrected chi connectivity index (χ1v) is 8.33. The number of carbonyl (C=O) groups is 2. The number of nitrogens with one attached hydrogen (secondary N) is 1. The molecule has 0 aliphatic heterocycles. The van der Waals surface area contributed by atoms with E-state index in [1.807, 2.05) is 0 Å². The molecule has 0 heterocycles. The number of aliphatic carboxylic acids is 1. The molecule has 0 bridgehead atoms. The highest BCUT2D eigenvalue weighted by Gasteiger charge is 2.41. The van der Waals surface area contributed by atoms with E-state index in [4.69, 9.17) is 5.73 Å². The molecule has 1 unspecified atom stereocenters. The molecular weight excluding hydrogens is 268 g/mol. The highest BCUT2D eigenvalue weighted by atomic mass is 16.4. The van der Waals surface area contributed by atoms with Gasteiger partial charge in [0, 0.05) is 6.54 Å². The number of amides is 1. The van der Waals surface area contributed by atoms with Crippen molar-refractivity contribution in [1.82, 2.24) is 5.32 Å². The van der Waals surface area contributed by atoms with E-state index in [1.54, 1.807) is 0 Å². The maximum Gasteiger partial charge on any atom is 0.326 e. The van der Waals surface area contributed by atoms with E-state index in [0.29, 0.717) is 6.54 Å². The second-order valence-electron chi connectivity index (χ2n) is 6.73. The summed E-state index contributed by atoms with van der Waals surface area (Å²) in [5, 5.41) is 12.3. The van der Waals surface area contributed by atoms with Crippen LogP contribution in [0.5, 0.6) is 0 Å². The zero-order valence-electron chi connectivity index (χ0n) is 12.8. The number of carboxylic acid groups (broad SMARTS) is 1. The fourth-order valence-electron chi connectivity index (χ4n) is 3.90. The molecule has 2 aliphatic carbocycles. The van der Waals surface area contributed by atoms with Crippen LogP contribution in [0.4, 0.5) is 0 Å². The van der Waals surface area contributed by atoms with Crippen molar-refractivity contribution in [3.05, 3.63) is 0 Å². The van der Waals surface area contributed by atoms with Crippen LogP contribution in [-0.4, -0.2) is 29.6 Å². The van der Waals surface area contributed by atoms with Crippen molar-refractivity contribution >= 4 is 11.9 Å². The number of hydrogen-bond acceptors (Lipinski definition) is 3. The summed E-state index contributed by atoms with van der Waals surface area (Å²) < 4.78 is 0. The van der Waals surface area contributed by atoms with Gasteiger partial charge in [0.05, 0.1) is 5.41 Å². The largest absolute Gasteiger partial charge is 0.480 e. The monoisotopic (exact) mass is 296 g/mol. The van der Waals surface area contributed by atoms with Gasteiger partial charge in [0.15, 0.2) is 0 Å². The summed E-state index contributed by atoms with van der Waals surface area (Å²) in [6, 6.07) is -0.747. The Hall–Kier alpha value is -1.10. The first-order chi connectivity index (χ1) is 10.1. The number of rotatable bonds is 5. The Kier molecular flexibility index (Phi) is 5.62. The average Bonchev–Trinajstić information content (AvgIpc) is 2.53. The minimum atomic E-state index is -0.904. The van der Waals surface area contributed by atoms with Gasteiger partial charge in [-0.1, -0.05) is 38.5 Å². The number of carbonyl (C=O) groups excluding carboxylic acids is 1. The minimum Gasteiger partial charge on any atom is -0.480 e. The first kappa shape index (κ1) is 16.3. The van der Waals surface area contributed by atoms with Crippen molar-refractivity contribution in [2.24, 2.45) is 17.1 Å². The molecule has 0 spiro atoms. The highest BCUT2D eigenvalue weighted by molar-refractivity contribution is 5.87. The predicted molar refractivity (Wildman–Crippen MR) is 80.7 cm³/mol. The van der Waals surface area contributed by atoms with Crippen LogP contribution in [0.25, 0.3) is 0 Å². The second-order valence-corrected chi connectivity index (χ2v) is 6.73. The summed E-state index contributed by atoms with van der Waals surface area (Å²) >= 11 is 0. The molecule has 21 heavy (non-hydrogen) atoms. The van der Waals surface area contributed by atoms with Crippen molar-refractivity contribution < 1.29 is 14.7 Å². The molecule has 1 atom stereocenters. The quantitative estimate of drug-likeness (QED) is 0.724. The lowest BCUT2D eigenvalue weighted by Gasteiger charge is -2.37. The van der Waals surface area contributed by atoms with Gasteiger partial charge >= 0.3 is 5.97 Å². The molecule has 2 rings (SSSR count). The van der Waals surface area contributed by atoms with Crippen molar-refractivity contribution in [3.63, 3.8) is 0 Å². The molecule has 1 amide bonds. The number of nitrogens with two attached hydrogens (primary N) is 1. The third-order valence-corrected chi connectivity index (χ3v) is 5.36. The maximum absolute atomic E-state index is 12.7. The molecule has 0 saturated heterocycles. The summed E-state index contributed by atoms with van der Waals surface area (Å²) in [6.45, 7) is 0.315. The van der Waals surface area contributed by atoms with Crippen LogP contribution in [0.15, 0.2) is 0 Å². The zero-order valence-corrected chi connectivity index (χ0v) is 12.8. The lowest BCUT2D eigenvalue weighted by Crippen LogP contribution is -2.54. The molecule has 5 nitrogen and oxygen atoms in total. The van der Waals surface area contributed by atoms with E-state index in [0.717, 1.165) is 57.8 Å². The van der Waals surface area contributed by atoms with Gasteiger partial charge in [-0.3, -0.25) is 4.79 Å². The summed E-state index contributed by atoms with van der Waals surface area (Å²) in [6.07, 6.45) is 9.80. The summed E-state index contributed by atoms with van der Waals surface area (Å²) in [4.78, 5) is 24.2. The lowest BCUT2D eigenvalue weighted by atomic mass is 9.73. The van der Waals surface area contributed by atoms with Crippen molar-refractivity contribution in [1.29, 1.82) is 0 Å². The summed E-state index contributed by atoms with van der Waals surface area (Å²) in [5.74, 6) is -0.973. The summed E-state index contributed by atoms with van der Waals surface area (Å²) in [7, 11) is 0. The van der Waals surface area contributed by atoms with E-state index in [-0.39, 0.29) is 11.8 Å². The van der Waals surface area contributed by atoms with Crippen LogP contribution < -0.4 is 11.1 Å². The van der Waals surface area contributed by atoms with Crippen LogP contribution >= 0.6 is 0 Å². The van der Waals surface area contributed by atoms with Gasteiger partial charge in [0.2, 0.25) is 5.91 Å². The smallest absolute Gasteiger partial charge is 0.326 e. The number of carboxylic acids is 1. The van der Waals surface area contributed by atoms with Crippen LogP contribution in [0.1, 0.15) is 64.2 Å². The van der Waals surface area contributed by atoms with Crippen LogP contribution in [0.2, 0.25) is 0 Å². The third kappa shape index (κ3) is 3.76. The van der Waals surface area contributed by atoms with E-state index in [9.17, 15) is 14.7 Å². The normalized spacial score (nSPS) is 24.2. The lowest BCUT2D eigenvalue weighted by molar-refractivity contribution is -0.146. The van der Waals surface area contributed by atoms with Gasteiger partial charge in [0.1, 0.15) is 6.04 Å². The minimum absolute atomic E-state index is 0.0682. The van der Waals surface area contributed by atoms with Crippen molar-refractivity contribution in [2.45, 2.75) is 70.3 Å². The Morgan fingerprint density at radius 2 is 1.67 bits per heavy atom. The third-order valence-electron chi connectivity index (χ3n) is 5.36. The van der Waals surface area contributed by atoms with Gasteiger partial charge in [-0.25, -0.2) is 4.79 Å². The van der Waals surface area contributed by atoms with E-state index in [1.165, 1.54) is 6.42 Å². The highest BCUT2D eigenvalue weighted by Crippen LogP contribution is 2.36. The van der Waals surface area contributed by atoms with Gasteiger partial charge in [-0.05, 0) is 31.6 Å². The molecule has 0 aromatic carbocycles. The molecule has 5 heteroatoms. The van der Waals surface area contributed by atoms with E-state index >= 15 is 0 Å². The van der Waals surface area contributed by atoms with Gasteiger partial charge in [-0.2, -0.15) is 0 Å². The Morgan fingerprint density at radius 3 is 2.19 bits per heavy atom. The van der Waals surface area contributed by atoms with Gasteiger partial charge in [-0.15, -0.1) is 0 Å². The Bertz CT molecular complexity index is 372. The Labute approximate surface area is 126 Å². The number of hydrogen-bond donors (Lipinski definition) is 3. The van der Waals surface area contributed by atoms with Crippen LogP contribution in [0.3, 0.4) is 0 Å². The standard InChI is InChI=1S/C16H28N2O3/c17-11-16(9-5-2-6-10-16)15(21)18-13(14(19)20)12-7-3-1-4-8-12/h12-13H,1-11,17H2,(H,18,21)(H,19,20). The van der Waals surface area contributed by atoms with Crippen molar-refractivity contribution in [3.8, 4) is 0 Å². The SMILES string of the molecule is NCC1(C(=O)NC(C(=O)O)C2CCCCC2)CCCCC1. The molecular formula is C16H28N2O3. The second kappa shape index (κ2) is 7.25. The van der Waals surface area contributed by atoms with Gasteiger partial charge < -0.3 is 16.2 Å². The predicted octanol–water partition coefficient (Wildman–Crippen LogP) is 2.05. The maximum atomic E-state index is 12.7. The van der Waals surface area contributed by atoms with E-state index in [2.05, 4.69) is 5.32 Å². The molecule has 0 aromatic rings.